The van der Waals surface area contributed by atoms with Crippen LogP contribution in [0.5, 0.6) is 0 Å². The number of hydrogen-bond donors (Lipinski definition) is 1. The first-order chi connectivity index (χ1) is 13.8. The van der Waals surface area contributed by atoms with Crippen LogP contribution in [-0.2, 0) is 16.0 Å². The third-order valence-corrected chi connectivity index (χ3v) is 6.45. The molecule has 0 spiro atoms. The van der Waals surface area contributed by atoms with Crippen molar-refractivity contribution in [2.75, 3.05) is 5.32 Å². The number of hydrogen-bond acceptors (Lipinski definition) is 3. The van der Waals surface area contributed by atoms with Gasteiger partial charge in [0, 0.05) is 5.69 Å². The highest BCUT2D eigenvalue weighted by Gasteiger charge is 2.33. The van der Waals surface area contributed by atoms with Crippen LogP contribution in [0.3, 0.4) is 0 Å². The Labute approximate surface area is 183 Å². The Kier molecular flexibility index (Phi) is 7.48. The maximum atomic E-state index is 12.8. The van der Waals surface area contributed by atoms with Crippen LogP contribution in [0.25, 0.3) is 0 Å². The number of rotatable bonds is 6. The van der Waals surface area contributed by atoms with Crippen molar-refractivity contribution < 1.29 is 9.53 Å². The van der Waals surface area contributed by atoms with Gasteiger partial charge in [-0.15, -0.1) is 0 Å². The second kappa shape index (κ2) is 9.86. The third kappa shape index (κ3) is 5.67. The molecule has 0 bridgehead atoms. The third-order valence-electron chi connectivity index (χ3n) is 5.82. The van der Waals surface area contributed by atoms with Crippen molar-refractivity contribution in [3.8, 4) is 0 Å². The van der Waals surface area contributed by atoms with Gasteiger partial charge < -0.3 is 10.1 Å². The van der Waals surface area contributed by atoms with Crippen molar-refractivity contribution in [1.29, 1.82) is 0 Å². The molecule has 0 aromatic heterocycles. The quantitative estimate of drug-likeness (QED) is 0.486. The Morgan fingerprint density at radius 1 is 1.10 bits per heavy atom. The van der Waals surface area contributed by atoms with Gasteiger partial charge in [0.2, 0.25) is 0 Å². The van der Waals surface area contributed by atoms with Crippen molar-refractivity contribution in [3.05, 3.63) is 58.1 Å². The van der Waals surface area contributed by atoms with Gasteiger partial charge in [0.15, 0.2) is 0 Å². The molecular weight excluding hydrogens is 405 g/mol. The van der Waals surface area contributed by atoms with Gasteiger partial charge >= 0.3 is 5.97 Å². The van der Waals surface area contributed by atoms with Gasteiger partial charge in [-0.2, -0.15) is 0 Å². The lowest BCUT2D eigenvalue weighted by Crippen LogP contribution is -2.36. The van der Waals surface area contributed by atoms with Crippen molar-refractivity contribution in [2.45, 2.75) is 52.6 Å². The average molecular weight is 434 g/mol. The van der Waals surface area contributed by atoms with E-state index in [4.69, 9.17) is 27.9 Å². The summed E-state index contributed by atoms with van der Waals surface area (Å²) in [6.07, 6.45) is 3.50. The lowest BCUT2D eigenvalue weighted by atomic mass is 9.75. The number of benzene rings is 2. The largest absolute Gasteiger partial charge is 0.462 e. The molecule has 0 saturated heterocycles. The molecule has 2 aromatic carbocycles. The molecule has 0 radical (unpaired) electrons. The van der Waals surface area contributed by atoms with Crippen molar-refractivity contribution in [2.24, 2.45) is 17.8 Å². The van der Waals surface area contributed by atoms with Crippen molar-refractivity contribution in [3.63, 3.8) is 0 Å². The summed E-state index contributed by atoms with van der Waals surface area (Å²) in [5.74, 6) is 1.36. The molecule has 5 heteroatoms. The Morgan fingerprint density at radius 3 is 2.48 bits per heavy atom. The second-order valence-electron chi connectivity index (χ2n) is 8.41. The minimum absolute atomic E-state index is 0.00406. The highest BCUT2D eigenvalue weighted by Crippen LogP contribution is 2.36. The Morgan fingerprint density at radius 2 is 1.79 bits per heavy atom. The van der Waals surface area contributed by atoms with E-state index in [0.29, 0.717) is 33.5 Å². The molecule has 1 aliphatic rings. The van der Waals surface area contributed by atoms with Crippen LogP contribution >= 0.6 is 23.2 Å². The monoisotopic (exact) mass is 433 g/mol. The van der Waals surface area contributed by atoms with Crippen LogP contribution in [-0.4, -0.2) is 12.1 Å². The first kappa shape index (κ1) is 22.0. The molecular formula is C24H29Cl2NO2. The zero-order valence-corrected chi connectivity index (χ0v) is 18.8. The maximum absolute atomic E-state index is 12.8. The molecule has 3 atom stereocenters. The number of carbonyl (C=O) groups is 1. The molecule has 2 aromatic rings. The lowest BCUT2D eigenvalue weighted by molar-refractivity contribution is -0.155. The molecule has 1 aliphatic carbocycles. The number of anilines is 2. The van der Waals surface area contributed by atoms with Gasteiger partial charge in [-0.1, -0.05) is 74.7 Å². The molecule has 3 nitrogen and oxygen atoms in total. The predicted molar refractivity (Wildman–Crippen MR) is 121 cm³/mol. The number of nitrogens with one attached hydrogen (secondary N) is 1. The van der Waals surface area contributed by atoms with Crippen LogP contribution < -0.4 is 5.32 Å². The van der Waals surface area contributed by atoms with Crippen LogP contribution in [0.4, 0.5) is 11.4 Å². The number of para-hydroxylation sites is 2. The average Bonchev–Trinajstić information content (AvgIpc) is 2.66. The van der Waals surface area contributed by atoms with E-state index in [9.17, 15) is 4.79 Å². The summed E-state index contributed by atoms with van der Waals surface area (Å²) >= 11 is 12.6. The van der Waals surface area contributed by atoms with Crippen LogP contribution in [0, 0.1) is 17.8 Å². The molecule has 0 heterocycles. The predicted octanol–water partition coefficient (Wildman–Crippen LogP) is 7.28. The van der Waals surface area contributed by atoms with E-state index < -0.39 is 0 Å². The maximum Gasteiger partial charge on any atom is 0.310 e. The topological polar surface area (TPSA) is 38.3 Å². The number of esters is 1. The molecule has 156 valence electrons. The van der Waals surface area contributed by atoms with Gasteiger partial charge in [0.25, 0.3) is 0 Å². The summed E-state index contributed by atoms with van der Waals surface area (Å²) < 4.78 is 5.97. The van der Waals surface area contributed by atoms with Gasteiger partial charge in [0.05, 0.1) is 22.2 Å². The van der Waals surface area contributed by atoms with Crippen LogP contribution in [0.1, 0.15) is 45.6 Å². The van der Waals surface area contributed by atoms with Gasteiger partial charge in [-0.3, -0.25) is 4.79 Å². The zero-order chi connectivity index (χ0) is 21.0. The smallest absolute Gasteiger partial charge is 0.310 e. The highest BCUT2D eigenvalue weighted by molar-refractivity contribution is 6.39. The lowest BCUT2D eigenvalue weighted by Gasteiger charge is -2.36. The Balaban J connectivity index is 1.72. The summed E-state index contributed by atoms with van der Waals surface area (Å²) in [6, 6.07) is 13.0. The second-order valence-corrected chi connectivity index (χ2v) is 9.22. The van der Waals surface area contributed by atoms with Crippen molar-refractivity contribution in [1.82, 2.24) is 0 Å². The van der Waals surface area contributed by atoms with Crippen LogP contribution in [0.15, 0.2) is 42.5 Å². The minimum atomic E-state index is -0.186. The molecule has 1 saturated carbocycles. The summed E-state index contributed by atoms with van der Waals surface area (Å²) in [5, 5.41) is 4.35. The van der Waals surface area contributed by atoms with E-state index in [1.54, 1.807) is 18.2 Å². The fourth-order valence-corrected chi connectivity index (χ4v) is 4.66. The van der Waals surface area contributed by atoms with E-state index >= 15 is 0 Å². The molecule has 1 fully saturated rings. The summed E-state index contributed by atoms with van der Waals surface area (Å²) in [6.45, 7) is 6.67. The SMILES string of the molecule is CC(C)[C@H]1CC[C@@H](C)C[C@H]1OC(=O)Cc1ccccc1Nc1c(Cl)cccc1Cl. The number of ether oxygens (including phenoxy) is 1. The fraction of sp³-hybridized carbons (Fsp3) is 0.458. The van der Waals surface area contributed by atoms with Gasteiger partial charge in [0.1, 0.15) is 6.10 Å². The number of halogens is 2. The Bertz CT molecular complexity index is 832. The molecule has 3 rings (SSSR count). The molecule has 0 aliphatic heterocycles. The standard InChI is InChI=1S/C24H29Cl2NO2/c1-15(2)18-12-11-16(3)13-22(18)29-23(28)14-17-7-4-5-10-21(17)27-24-19(25)8-6-9-20(24)26/h4-10,15-16,18,22,27H,11-14H2,1-3H3/t16-,18-,22-/m1/s1. The van der Waals surface area contributed by atoms with Gasteiger partial charge in [-0.05, 0) is 54.4 Å². The first-order valence-electron chi connectivity index (χ1n) is 10.3. The summed E-state index contributed by atoms with van der Waals surface area (Å²) in [5.41, 5.74) is 2.30. The van der Waals surface area contributed by atoms with E-state index in [-0.39, 0.29) is 18.5 Å². The van der Waals surface area contributed by atoms with Crippen molar-refractivity contribution >= 4 is 40.5 Å². The normalized spacial score (nSPS) is 21.8. The fourth-order valence-electron chi connectivity index (χ4n) is 4.16. The molecule has 1 N–H and O–H groups in total. The van der Waals surface area contributed by atoms with E-state index in [0.717, 1.165) is 24.1 Å². The Hall–Kier alpha value is -1.71. The van der Waals surface area contributed by atoms with E-state index in [1.807, 2.05) is 24.3 Å². The van der Waals surface area contributed by atoms with E-state index in [1.165, 1.54) is 6.42 Å². The van der Waals surface area contributed by atoms with Gasteiger partial charge in [-0.25, -0.2) is 0 Å². The number of carbonyl (C=O) groups excluding carboxylic acids is 1. The first-order valence-corrected chi connectivity index (χ1v) is 11.1. The molecule has 0 amide bonds. The minimum Gasteiger partial charge on any atom is -0.462 e. The van der Waals surface area contributed by atoms with Crippen LogP contribution in [0.2, 0.25) is 10.0 Å². The zero-order valence-electron chi connectivity index (χ0n) is 17.3. The summed E-state index contributed by atoms with van der Waals surface area (Å²) in [4.78, 5) is 12.8. The molecule has 0 unspecified atom stereocenters. The highest BCUT2D eigenvalue weighted by atomic mass is 35.5. The molecule has 29 heavy (non-hydrogen) atoms. The summed E-state index contributed by atoms with van der Waals surface area (Å²) in [7, 11) is 0. The van der Waals surface area contributed by atoms with E-state index in [2.05, 4.69) is 26.1 Å².